The molecule has 1 aliphatic carbocycles. The second-order valence-electron chi connectivity index (χ2n) is 6.42. The molecule has 1 aliphatic heterocycles. The molecule has 0 bridgehead atoms. The maximum absolute atomic E-state index is 12.6. The zero-order valence-electron chi connectivity index (χ0n) is 13.2. The smallest absolute Gasteiger partial charge is 0.236 e. The molecule has 0 radical (unpaired) electrons. The summed E-state index contributed by atoms with van der Waals surface area (Å²) in [6.45, 7) is 6.86. The predicted octanol–water partition coefficient (Wildman–Crippen LogP) is 1.71. The first-order chi connectivity index (χ1) is 9.74. The highest BCUT2D eigenvalue weighted by atomic mass is 16.2. The summed E-state index contributed by atoms with van der Waals surface area (Å²) < 4.78 is 0. The maximum atomic E-state index is 12.6. The fourth-order valence-corrected chi connectivity index (χ4v) is 3.82. The molecule has 1 amide bonds. The number of hydrogen-bond acceptors (Lipinski definition) is 3. The first-order valence-electron chi connectivity index (χ1n) is 8.41. The molecular weight excluding hydrogens is 250 g/mol. The lowest BCUT2D eigenvalue weighted by atomic mass is 9.94. The van der Waals surface area contributed by atoms with Crippen molar-refractivity contribution in [2.75, 3.05) is 39.8 Å². The zero-order valence-corrected chi connectivity index (χ0v) is 13.2. The summed E-state index contributed by atoms with van der Waals surface area (Å²) in [5.41, 5.74) is 0. The van der Waals surface area contributed by atoms with Gasteiger partial charge >= 0.3 is 0 Å². The van der Waals surface area contributed by atoms with Crippen molar-refractivity contribution >= 4 is 5.91 Å². The second-order valence-corrected chi connectivity index (χ2v) is 6.42. The van der Waals surface area contributed by atoms with Crippen molar-refractivity contribution < 1.29 is 4.79 Å². The van der Waals surface area contributed by atoms with Gasteiger partial charge in [-0.15, -0.1) is 0 Å². The molecule has 2 rings (SSSR count). The van der Waals surface area contributed by atoms with E-state index in [0.29, 0.717) is 18.5 Å². The van der Waals surface area contributed by atoms with Gasteiger partial charge in [-0.25, -0.2) is 0 Å². The third-order valence-corrected chi connectivity index (χ3v) is 4.90. The standard InChI is InChI=1S/C16H31N3O/c1-3-19(15-7-5-4-6-8-15)16(20)13-18-10-9-14(12-18)11-17-2/h14-15,17H,3-13H2,1-2H3. The monoisotopic (exact) mass is 281 g/mol. The number of hydrogen-bond donors (Lipinski definition) is 1. The van der Waals surface area contributed by atoms with Crippen LogP contribution >= 0.6 is 0 Å². The van der Waals surface area contributed by atoms with E-state index in [1.807, 2.05) is 7.05 Å². The molecule has 4 heteroatoms. The Bertz CT molecular complexity index is 302. The summed E-state index contributed by atoms with van der Waals surface area (Å²) in [4.78, 5) is 17.0. The Labute approximate surface area is 123 Å². The van der Waals surface area contributed by atoms with Crippen molar-refractivity contribution in [3.8, 4) is 0 Å². The Morgan fingerprint density at radius 2 is 2.00 bits per heavy atom. The van der Waals surface area contributed by atoms with Crippen LogP contribution in [0, 0.1) is 5.92 Å². The quantitative estimate of drug-likeness (QED) is 0.805. The molecule has 0 aromatic carbocycles. The summed E-state index contributed by atoms with van der Waals surface area (Å²) in [6.07, 6.45) is 7.58. The van der Waals surface area contributed by atoms with Crippen LogP contribution < -0.4 is 5.32 Å². The summed E-state index contributed by atoms with van der Waals surface area (Å²) in [7, 11) is 2.01. The minimum absolute atomic E-state index is 0.351. The Kier molecular flexibility index (Phi) is 6.30. The highest BCUT2D eigenvalue weighted by Gasteiger charge is 2.28. The SMILES string of the molecule is CCN(C(=O)CN1CCC(CNC)C1)C1CCCCC1. The lowest BCUT2D eigenvalue weighted by Crippen LogP contribution is -2.46. The molecule has 0 spiro atoms. The molecule has 1 saturated carbocycles. The van der Waals surface area contributed by atoms with Gasteiger partial charge in [0.2, 0.25) is 5.91 Å². The molecule has 1 unspecified atom stereocenters. The van der Waals surface area contributed by atoms with Crippen LogP contribution in [0.25, 0.3) is 0 Å². The first-order valence-corrected chi connectivity index (χ1v) is 8.41. The van der Waals surface area contributed by atoms with E-state index in [1.54, 1.807) is 0 Å². The normalized spacial score (nSPS) is 25.0. The van der Waals surface area contributed by atoms with E-state index in [2.05, 4.69) is 22.0 Å². The Morgan fingerprint density at radius 1 is 1.25 bits per heavy atom. The molecule has 2 fully saturated rings. The molecule has 1 heterocycles. The molecule has 2 aliphatic rings. The second kappa shape index (κ2) is 7.99. The van der Waals surface area contributed by atoms with E-state index < -0.39 is 0 Å². The van der Waals surface area contributed by atoms with Crippen LogP contribution in [0.2, 0.25) is 0 Å². The summed E-state index contributed by atoms with van der Waals surface area (Å²) in [5.74, 6) is 1.07. The number of carbonyl (C=O) groups is 1. The molecule has 20 heavy (non-hydrogen) atoms. The number of carbonyl (C=O) groups excluding carboxylic acids is 1. The van der Waals surface area contributed by atoms with Gasteiger partial charge in [0.25, 0.3) is 0 Å². The van der Waals surface area contributed by atoms with Crippen LogP contribution in [0.4, 0.5) is 0 Å². The zero-order chi connectivity index (χ0) is 14.4. The lowest BCUT2D eigenvalue weighted by Gasteiger charge is -2.34. The van der Waals surface area contributed by atoms with Crippen molar-refractivity contribution in [3.05, 3.63) is 0 Å². The van der Waals surface area contributed by atoms with E-state index >= 15 is 0 Å². The highest BCUT2D eigenvalue weighted by molar-refractivity contribution is 5.78. The molecule has 1 N–H and O–H groups in total. The Balaban J connectivity index is 1.80. The van der Waals surface area contributed by atoms with Crippen LogP contribution in [-0.2, 0) is 4.79 Å². The van der Waals surface area contributed by atoms with Crippen molar-refractivity contribution in [1.29, 1.82) is 0 Å². The minimum atomic E-state index is 0.351. The van der Waals surface area contributed by atoms with Crippen LogP contribution in [0.3, 0.4) is 0 Å². The van der Waals surface area contributed by atoms with Gasteiger partial charge in [-0.1, -0.05) is 19.3 Å². The van der Waals surface area contributed by atoms with E-state index in [4.69, 9.17) is 0 Å². The average Bonchev–Trinajstić information content (AvgIpc) is 2.88. The number of likely N-dealkylation sites (tertiary alicyclic amines) is 1. The third-order valence-electron chi connectivity index (χ3n) is 4.90. The Morgan fingerprint density at radius 3 is 2.65 bits per heavy atom. The van der Waals surface area contributed by atoms with Crippen LogP contribution in [0.15, 0.2) is 0 Å². The molecule has 0 aromatic heterocycles. The van der Waals surface area contributed by atoms with Crippen molar-refractivity contribution in [1.82, 2.24) is 15.1 Å². The number of nitrogens with one attached hydrogen (secondary N) is 1. The van der Waals surface area contributed by atoms with Crippen LogP contribution in [0.1, 0.15) is 45.4 Å². The van der Waals surface area contributed by atoms with Gasteiger partial charge < -0.3 is 10.2 Å². The summed E-state index contributed by atoms with van der Waals surface area (Å²) in [6, 6.07) is 0.511. The molecule has 0 aromatic rings. The minimum Gasteiger partial charge on any atom is -0.339 e. The number of nitrogens with zero attached hydrogens (tertiary/aromatic N) is 2. The average molecular weight is 281 g/mol. The van der Waals surface area contributed by atoms with Crippen LogP contribution in [-0.4, -0.2) is 61.5 Å². The van der Waals surface area contributed by atoms with Gasteiger partial charge in [0.15, 0.2) is 0 Å². The van der Waals surface area contributed by atoms with Gasteiger partial charge in [-0.2, -0.15) is 0 Å². The fourth-order valence-electron chi connectivity index (χ4n) is 3.82. The largest absolute Gasteiger partial charge is 0.339 e. The first kappa shape index (κ1) is 15.8. The highest BCUT2D eigenvalue weighted by Crippen LogP contribution is 2.23. The Hall–Kier alpha value is -0.610. The summed E-state index contributed by atoms with van der Waals surface area (Å²) >= 11 is 0. The van der Waals surface area contributed by atoms with Gasteiger partial charge in [-0.3, -0.25) is 9.69 Å². The molecule has 4 nitrogen and oxygen atoms in total. The van der Waals surface area contributed by atoms with Gasteiger partial charge in [0.1, 0.15) is 0 Å². The maximum Gasteiger partial charge on any atom is 0.236 e. The number of likely N-dealkylation sites (N-methyl/N-ethyl adjacent to an activating group) is 1. The van der Waals surface area contributed by atoms with Crippen LogP contribution in [0.5, 0.6) is 0 Å². The summed E-state index contributed by atoms with van der Waals surface area (Å²) in [5, 5.41) is 3.25. The fraction of sp³-hybridized carbons (Fsp3) is 0.938. The molecule has 1 atom stereocenters. The molecule has 116 valence electrons. The predicted molar refractivity (Wildman–Crippen MR) is 82.7 cm³/mol. The van der Waals surface area contributed by atoms with Gasteiger partial charge in [0, 0.05) is 19.1 Å². The van der Waals surface area contributed by atoms with E-state index in [9.17, 15) is 4.79 Å². The van der Waals surface area contributed by atoms with Crippen molar-refractivity contribution in [2.45, 2.75) is 51.5 Å². The number of rotatable bonds is 6. The lowest BCUT2D eigenvalue weighted by molar-refractivity contribution is -0.135. The van der Waals surface area contributed by atoms with E-state index in [1.165, 1.54) is 38.5 Å². The van der Waals surface area contributed by atoms with Gasteiger partial charge in [-0.05, 0) is 52.2 Å². The third kappa shape index (κ3) is 4.19. The topological polar surface area (TPSA) is 35.6 Å². The molecular formula is C16H31N3O. The van der Waals surface area contributed by atoms with Crippen molar-refractivity contribution in [3.63, 3.8) is 0 Å². The van der Waals surface area contributed by atoms with Crippen molar-refractivity contribution in [2.24, 2.45) is 5.92 Å². The molecule has 1 saturated heterocycles. The van der Waals surface area contributed by atoms with E-state index in [0.717, 1.165) is 32.1 Å². The van der Waals surface area contributed by atoms with E-state index in [-0.39, 0.29) is 0 Å². The number of amides is 1. The van der Waals surface area contributed by atoms with Gasteiger partial charge in [0.05, 0.1) is 6.54 Å².